The largest absolute Gasteiger partial charge is 0.370 e. The van der Waals surface area contributed by atoms with Gasteiger partial charge in [0.15, 0.2) is 0 Å². The molecule has 0 radical (unpaired) electrons. The van der Waals surface area contributed by atoms with Gasteiger partial charge in [-0.1, -0.05) is 12.1 Å². The average molecular weight is 324 g/mol. The molecule has 3 heterocycles. The molecule has 4 nitrogen and oxygen atoms in total. The van der Waals surface area contributed by atoms with Crippen molar-refractivity contribution < 1.29 is 0 Å². The van der Waals surface area contributed by atoms with Crippen LogP contribution < -0.4 is 10.2 Å². The molecule has 0 aliphatic carbocycles. The molecule has 0 unspecified atom stereocenters. The van der Waals surface area contributed by atoms with Crippen molar-refractivity contribution in [2.24, 2.45) is 0 Å². The molecule has 1 aliphatic rings. The normalized spacial score (nSPS) is 15.1. The number of anilines is 3. The molecule has 1 aromatic carbocycles. The van der Waals surface area contributed by atoms with Crippen LogP contribution in [0.3, 0.4) is 0 Å². The third kappa shape index (κ3) is 2.77. The highest BCUT2D eigenvalue weighted by atomic mass is 32.1. The summed E-state index contributed by atoms with van der Waals surface area (Å²) in [6.07, 6.45) is 5.53. The lowest BCUT2D eigenvalue weighted by Crippen LogP contribution is -2.29. The van der Waals surface area contributed by atoms with Gasteiger partial charge >= 0.3 is 0 Å². The fourth-order valence-corrected chi connectivity index (χ4v) is 4.12. The van der Waals surface area contributed by atoms with Crippen LogP contribution in [0.15, 0.2) is 36.0 Å². The molecule has 4 rings (SSSR count). The van der Waals surface area contributed by atoms with Crippen molar-refractivity contribution in [1.82, 2.24) is 9.97 Å². The monoisotopic (exact) mass is 324 g/mol. The van der Waals surface area contributed by atoms with Gasteiger partial charge in [0, 0.05) is 13.1 Å². The second-order valence-electron chi connectivity index (χ2n) is 6.01. The molecule has 1 aliphatic heterocycles. The van der Waals surface area contributed by atoms with E-state index in [1.54, 1.807) is 17.7 Å². The van der Waals surface area contributed by atoms with Gasteiger partial charge in [0.1, 0.15) is 17.0 Å². The van der Waals surface area contributed by atoms with Gasteiger partial charge in [0.2, 0.25) is 0 Å². The van der Waals surface area contributed by atoms with Gasteiger partial charge in [0.25, 0.3) is 0 Å². The summed E-state index contributed by atoms with van der Waals surface area (Å²) in [5.41, 5.74) is 3.62. The molecular formula is C18H20N4S. The summed E-state index contributed by atoms with van der Waals surface area (Å²) in [7, 11) is 0. The summed E-state index contributed by atoms with van der Waals surface area (Å²) >= 11 is 1.67. The van der Waals surface area contributed by atoms with Gasteiger partial charge < -0.3 is 10.2 Å². The fourth-order valence-electron chi connectivity index (χ4n) is 3.23. The van der Waals surface area contributed by atoms with E-state index in [2.05, 4.69) is 56.8 Å². The van der Waals surface area contributed by atoms with E-state index in [9.17, 15) is 0 Å². The number of para-hydroxylation sites is 2. The van der Waals surface area contributed by atoms with Crippen molar-refractivity contribution in [3.63, 3.8) is 0 Å². The molecule has 0 bridgehead atoms. The molecule has 0 saturated carbocycles. The molecule has 1 fully saturated rings. The number of aromatic nitrogens is 2. The Morgan fingerprint density at radius 2 is 1.91 bits per heavy atom. The summed E-state index contributed by atoms with van der Waals surface area (Å²) < 4.78 is 0. The first-order chi connectivity index (χ1) is 11.3. The second kappa shape index (κ2) is 6.16. The first-order valence-electron chi connectivity index (χ1n) is 8.13. The molecule has 0 atom stereocenters. The third-order valence-corrected chi connectivity index (χ3v) is 5.41. The number of thiophene rings is 1. The predicted molar refractivity (Wildman–Crippen MR) is 97.9 cm³/mol. The van der Waals surface area contributed by atoms with Crippen LogP contribution in [0, 0.1) is 6.92 Å². The van der Waals surface area contributed by atoms with Crippen molar-refractivity contribution in [3.05, 3.63) is 41.5 Å². The fraction of sp³-hybridized carbons (Fsp3) is 0.333. The van der Waals surface area contributed by atoms with Gasteiger partial charge in [-0.25, -0.2) is 9.97 Å². The van der Waals surface area contributed by atoms with Crippen LogP contribution in [-0.4, -0.2) is 23.1 Å². The Bertz CT molecular complexity index is 821. The maximum atomic E-state index is 4.49. The molecule has 2 aromatic heterocycles. The molecule has 23 heavy (non-hydrogen) atoms. The summed E-state index contributed by atoms with van der Waals surface area (Å²) in [6.45, 7) is 4.38. The molecular weight excluding hydrogens is 304 g/mol. The predicted octanol–water partition coefficient (Wildman–Crippen LogP) is 4.73. The van der Waals surface area contributed by atoms with Crippen LogP contribution in [0.5, 0.6) is 0 Å². The average Bonchev–Trinajstić information content (AvgIpc) is 2.99. The van der Waals surface area contributed by atoms with Crippen LogP contribution in [0.25, 0.3) is 10.2 Å². The van der Waals surface area contributed by atoms with E-state index in [1.165, 1.54) is 30.5 Å². The highest BCUT2D eigenvalue weighted by Gasteiger charge is 2.16. The van der Waals surface area contributed by atoms with E-state index in [0.29, 0.717) is 0 Å². The zero-order valence-corrected chi connectivity index (χ0v) is 14.1. The van der Waals surface area contributed by atoms with Crippen LogP contribution in [0.1, 0.15) is 24.8 Å². The van der Waals surface area contributed by atoms with Crippen molar-refractivity contribution in [2.45, 2.75) is 26.2 Å². The van der Waals surface area contributed by atoms with Gasteiger partial charge in [-0.2, -0.15) is 0 Å². The van der Waals surface area contributed by atoms with Crippen molar-refractivity contribution in [1.29, 1.82) is 0 Å². The third-order valence-electron chi connectivity index (χ3n) is 4.41. The van der Waals surface area contributed by atoms with Crippen molar-refractivity contribution in [2.75, 3.05) is 23.3 Å². The Labute approximate surface area is 140 Å². The Hall–Kier alpha value is -2.14. The Morgan fingerprint density at radius 3 is 2.78 bits per heavy atom. The quantitative estimate of drug-likeness (QED) is 0.756. The molecule has 0 spiro atoms. The highest BCUT2D eigenvalue weighted by molar-refractivity contribution is 7.17. The minimum absolute atomic E-state index is 0.901. The zero-order chi connectivity index (χ0) is 15.6. The number of rotatable bonds is 3. The van der Waals surface area contributed by atoms with Gasteiger partial charge in [-0.3, -0.25) is 0 Å². The van der Waals surface area contributed by atoms with Crippen LogP contribution >= 0.6 is 11.3 Å². The van der Waals surface area contributed by atoms with Crippen molar-refractivity contribution >= 4 is 38.7 Å². The van der Waals surface area contributed by atoms with Crippen LogP contribution in [-0.2, 0) is 0 Å². The summed E-state index contributed by atoms with van der Waals surface area (Å²) in [4.78, 5) is 12.4. The van der Waals surface area contributed by atoms with Gasteiger partial charge in [-0.15, -0.1) is 11.3 Å². The lowest BCUT2D eigenvalue weighted by molar-refractivity contribution is 0.578. The Morgan fingerprint density at radius 1 is 1.09 bits per heavy atom. The lowest BCUT2D eigenvalue weighted by Gasteiger charge is -2.30. The number of fused-ring (bicyclic) bond motifs is 1. The number of hydrogen-bond acceptors (Lipinski definition) is 5. The molecule has 0 amide bonds. The van der Waals surface area contributed by atoms with E-state index < -0.39 is 0 Å². The van der Waals surface area contributed by atoms with Crippen LogP contribution in [0.2, 0.25) is 0 Å². The maximum absolute atomic E-state index is 4.49. The van der Waals surface area contributed by atoms with E-state index in [0.717, 1.165) is 34.8 Å². The maximum Gasteiger partial charge on any atom is 0.142 e. The minimum atomic E-state index is 0.901. The summed E-state index contributed by atoms with van der Waals surface area (Å²) in [5.74, 6) is 0.901. The van der Waals surface area contributed by atoms with Gasteiger partial charge in [-0.05, 0) is 49.3 Å². The number of nitrogens with one attached hydrogen (secondary N) is 1. The lowest BCUT2D eigenvalue weighted by atomic mass is 10.1. The standard InChI is InChI=1S/C18H20N4S/c1-13-11-23-18-16(13)17(19-12-20-18)21-14-7-3-4-8-15(14)22-9-5-2-6-10-22/h3-4,7-8,11-12H,2,5-6,9-10H2,1H3,(H,19,20,21). The van der Waals surface area contributed by atoms with Crippen molar-refractivity contribution in [3.8, 4) is 0 Å². The number of nitrogens with zero attached hydrogens (tertiary/aromatic N) is 3. The van der Waals surface area contributed by atoms with E-state index in [-0.39, 0.29) is 0 Å². The van der Waals surface area contributed by atoms with E-state index >= 15 is 0 Å². The first-order valence-corrected chi connectivity index (χ1v) is 9.01. The smallest absolute Gasteiger partial charge is 0.142 e. The highest BCUT2D eigenvalue weighted by Crippen LogP contribution is 2.34. The topological polar surface area (TPSA) is 41.1 Å². The van der Waals surface area contributed by atoms with E-state index in [4.69, 9.17) is 0 Å². The van der Waals surface area contributed by atoms with E-state index in [1.807, 2.05) is 0 Å². The molecule has 1 N–H and O–H groups in total. The van der Waals surface area contributed by atoms with Crippen LogP contribution in [0.4, 0.5) is 17.2 Å². The molecule has 1 saturated heterocycles. The first kappa shape index (κ1) is 14.5. The van der Waals surface area contributed by atoms with Gasteiger partial charge in [0.05, 0.1) is 16.8 Å². The molecule has 5 heteroatoms. The Kier molecular flexibility index (Phi) is 3.87. The molecule has 3 aromatic rings. The SMILES string of the molecule is Cc1csc2ncnc(Nc3ccccc3N3CCCCC3)c12. The second-order valence-corrected chi connectivity index (χ2v) is 6.87. The number of aryl methyl sites for hydroxylation is 1. The Balaban J connectivity index is 1.72. The molecule has 118 valence electrons. The summed E-state index contributed by atoms with van der Waals surface area (Å²) in [5, 5.41) is 6.82. The number of benzene rings is 1. The minimum Gasteiger partial charge on any atom is -0.370 e. The number of piperidine rings is 1. The zero-order valence-electron chi connectivity index (χ0n) is 13.2. The summed E-state index contributed by atoms with van der Waals surface area (Å²) in [6, 6.07) is 8.53. The number of hydrogen-bond donors (Lipinski definition) is 1.